The summed E-state index contributed by atoms with van der Waals surface area (Å²) in [6.07, 6.45) is 2.59. The lowest BCUT2D eigenvalue weighted by Crippen LogP contribution is -2.26. The fourth-order valence-corrected chi connectivity index (χ4v) is 3.07. The molecule has 2 aromatic rings. The van der Waals surface area contributed by atoms with E-state index in [1.165, 1.54) is 11.1 Å². The maximum absolute atomic E-state index is 8.26. The Bertz CT molecular complexity index is 604. The minimum Gasteiger partial charge on any atom is -0.309 e. The molecule has 1 aliphatic rings. The van der Waals surface area contributed by atoms with Crippen LogP contribution in [0.25, 0.3) is 0 Å². The van der Waals surface area contributed by atoms with E-state index < -0.39 is 0 Å². The molecule has 0 amide bonds. The molecule has 1 N–H and O–H groups in total. The molecule has 0 spiro atoms. The summed E-state index contributed by atoms with van der Waals surface area (Å²) in [6, 6.07) is 16.5. The molecule has 1 atom stereocenters. The molecular weight excluding hydrogens is 254 g/mol. The van der Waals surface area contributed by atoms with Gasteiger partial charge in [-0.2, -0.15) is 0 Å². The highest BCUT2D eigenvalue weighted by molar-refractivity contribution is 6.31. The second kappa shape index (κ2) is 5.18. The molecule has 0 heterocycles. The Labute approximate surface area is 118 Å². The minimum absolute atomic E-state index is 0.313. The molecule has 0 saturated carbocycles. The lowest BCUT2D eigenvalue weighted by molar-refractivity contribution is 0.649. The molecule has 0 aromatic heterocycles. The normalized spacial score (nSPS) is 18.2. The first-order valence-corrected chi connectivity index (χ1v) is 6.99. The highest BCUT2D eigenvalue weighted by Gasteiger charge is 2.24. The van der Waals surface area contributed by atoms with Crippen molar-refractivity contribution >= 4 is 17.3 Å². The molecule has 1 aliphatic carbocycles. The van der Waals surface area contributed by atoms with E-state index in [0.717, 1.165) is 29.1 Å². The highest BCUT2D eigenvalue weighted by Crippen LogP contribution is 2.30. The Kier molecular flexibility index (Phi) is 3.39. The van der Waals surface area contributed by atoms with Crippen molar-refractivity contribution in [2.24, 2.45) is 5.92 Å². The fourth-order valence-electron chi connectivity index (χ4n) is 2.81. The summed E-state index contributed by atoms with van der Waals surface area (Å²) >= 11 is 6.22. The Morgan fingerprint density at radius 1 is 1.05 bits per heavy atom. The van der Waals surface area contributed by atoms with Crippen LogP contribution in [0.4, 0.5) is 0 Å². The molecule has 3 rings (SSSR count). The first-order valence-electron chi connectivity index (χ1n) is 6.61. The molecule has 2 heteroatoms. The Hall–Kier alpha value is -1.60. The lowest BCUT2D eigenvalue weighted by Gasteiger charge is -2.26. The van der Waals surface area contributed by atoms with E-state index in [4.69, 9.17) is 17.0 Å². The second-order valence-corrected chi connectivity index (χ2v) is 5.58. The van der Waals surface area contributed by atoms with Crippen LogP contribution in [0.5, 0.6) is 0 Å². The van der Waals surface area contributed by atoms with Crippen molar-refractivity contribution in [3.05, 3.63) is 70.2 Å². The van der Waals surface area contributed by atoms with Gasteiger partial charge in [0.15, 0.2) is 0 Å². The van der Waals surface area contributed by atoms with Gasteiger partial charge in [-0.05, 0) is 35.6 Å². The Morgan fingerprint density at radius 3 is 2.63 bits per heavy atom. The zero-order chi connectivity index (χ0) is 13.2. The third-order valence-electron chi connectivity index (χ3n) is 3.87. The Morgan fingerprint density at radius 2 is 1.84 bits per heavy atom. The topological polar surface area (TPSA) is 23.9 Å². The van der Waals surface area contributed by atoms with Crippen LogP contribution in [-0.2, 0) is 19.3 Å². The lowest BCUT2D eigenvalue weighted by atomic mass is 9.79. The smallest absolute Gasteiger partial charge is 0.0444 e. The number of hydrogen-bond donors (Lipinski definition) is 1. The summed E-state index contributed by atoms with van der Waals surface area (Å²) in [5.41, 5.74) is 4.58. The maximum Gasteiger partial charge on any atom is 0.0444 e. The third-order valence-corrected chi connectivity index (χ3v) is 4.22. The monoisotopic (exact) mass is 269 g/mol. The van der Waals surface area contributed by atoms with Gasteiger partial charge in [0.25, 0.3) is 0 Å². The van der Waals surface area contributed by atoms with Crippen molar-refractivity contribution in [1.29, 1.82) is 5.41 Å². The zero-order valence-corrected chi connectivity index (χ0v) is 11.5. The molecule has 0 fully saturated rings. The van der Waals surface area contributed by atoms with Gasteiger partial charge < -0.3 is 5.41 Å². The number of rotatable bonds is 2. The predicted octanol–water partition coefficient (Wildman–Crippen LogP) is 4.32. The van der Waals surface area contributed by atoms with Gasteiger partial charge in [0.05, 0.1) is 0 Å². The van der Waals surface area contributed by atoms with E-state index in [1.54, 1.807) is 0 Å². The van der Waals surface area contributed by atoms with Crippen molar-refractivity contribution in [1.82, 2.24) is 0 Å². The molecule has 0 saturated heterocycles. The van der Waals surface area contributed by atoms with E-state index in [-0.39, 0.29) is 0 Å². The molecule has 0 bridgehead atoms. The van der Waals surface area contributed by atoms with Crippen molar-refractivity contribution in [3.63, 3.8) is 0 Å². The van der Waals surface area contributed by atoms with Crippen LogP contribution in [-0.4, -0.2) is 5.71 Å². The summed E-state index contributed by atoms with van der Waals surface area (Å²) in [7, 11) is 0. The van der Waals surface area contributed by atoms with Crippen LogP contribution in [0.1, 0.15) is 16.7 Å². The van der Waals surface area contributed by atoms with Crippen LogP contribution in [0.3, 0.4) is 0 Å². The van der Waals surface area contributed by atoms with Gasteiger partial charge >= 0.3 is 0 Å². The fraction of sp³-hybridized carbons (Fsp3) is 0.235. The number of hydrogen-bond acceptors (Lipinski definition) is 1. The van der Waals surface area contributed by atoms with Gasteiger partial charge in [-0.1, -0.05) is 54.1 Å². The van der Waals surface area contributed by atoms with Gasteiger partial charge in [-0.25, -0.2) is 0 Å². The molecule has 19 heavy (non-hydrogen) atoms. The average molecular weight is 270 g/mol. The predicted molar refractivity (Wildman–Crippen MR) is 80.2 cm³/mol. The first-order chi connectivity index (χ1) is 9.24. The summed E-state index contributed by atoms with van der Waals surface area (Å²) < 4.78 is 0. The molecule has 2 aromatic carbocycles. The van der Waals surface area contributed by atoms with Gasteiger partial charge in [-0.15, -0.1) is 0 Å². The quantitative estimate of drug-likeness (QED) is 0.840. The number of nitrogens with one attached hydrogen (secondary N) is 1. The van der Waals surface area contributed by atoms with E-state index >= 15 is 0 Å². The molecular formula is C17H16ClN. The summed E-state index contributed by atoms with van der Waals surface area (Å²) in [4.78, 5) is 0. The molecule has 96 valence electrons. The van der Waals surface area contributed by atoms with E-state index in [2.05, 4.69) is 30.3 Å². The highest BCUT2D eigenvalue weighted by atomic mass is 35.5. The van der Waals surface area contributed by atoms with Crippen molar-refractivity contribution in [2.45, 2.75) is 19.3 Å². The van der Waals surface area contributed by atoms with Crippen LogP contribution in [0.2, 0.25) is 5.02 Å². The third kappa shape index (κ3) is 2.57. The summed E-state index contributed by atoms with van der Waals surface area (Å²) in [5.74, 6) is 0.313. The van der Waals surface area contributed by atoms with Crippen LogP contribution in [0, 0.1) is 11.3 Å². The second-order valence-electron chi connectivity index (χ2n) is 5.17. The van der Waals surface area contributed by atoms with E-state index in [0.29, 0.717) is 12.3 Å². The van der Waals surface area contributed by atoms with E-state index in [1.807, 2.05) is 18.2 Å². The van der Waals surface area contributed by atoms with Crippen molar-refractivity contribution < 1.29 is 0 Å². The molecule has 1 unspecified atom stereocenters. The molecule has 0 radical (unpaired) electrons. The standard InChI is InChI=1S/C17H16ClN/c18-16-8-4-7-13-10-14(17(19)11-15(13)16)9-12-5-2-1-3-6-12/h1-8,14,19H,9-11H2. The van der Waals surface area contributed by atoms with Crippen LogP contribution < -0.4 is 0 Å². The van der Waals surface area contributed by atoms with Crippen LogP contribution >= 0.6 is 11.6 Å². The maximum atomic E-state index is 8.26. The van der Waals surface area contributed by atoms with Gasteiger partial charge in [0.2, 0.25) is 0 Å². The molecule has 0 aliphatic heterocycles. The van der Waals surface area contributed by atoms with Crippen molar-refractivity contribution in [3.8, 4) is 0 Å². The minimum atomic E-state index is 0.313. The Balaban J connectivity index is 1.84. The average Bonchev–Trinajstić information content (AvgIpc) is 2.42. The first kappa shape index (κ1) is 12.4. The SMILES string of the molecule is N=C1Cc2c(Cl)cccc2CC1Cc1ccccc1. The van der Waals surface area contributed by atoms with Crippen molar-refractivity contribution in [2.75, 3.05) is 0 Å². The van der Waals surface area contributed by atoms with Crippen LogP contribution in [0.15, 0.2) is 48.5 Å². The molecule has 1 nitrogen and oxygen atoms in total. The number of fused-ring (bicyclic) bond motifs is 1. The number of benzene rings is 2. The number of halogens is 1. The largest absolute Gasteiger partial charge is 0.309 e. The van der Waals surface area contributed by atoms with Gasteiger partial charge in [-0.3, -0.25) is 0 Å². The van der Waals surface area contributed by atoms with Gasteiger partial charge in [0.1, 0.15) is 0 Å². The summed E-state index contributed by atoms with van der Waals surface area (Å²) in [5, 5.41) is 9.07. The van der Waals surface area contributed by atoms with Gasteiger partial charge in [0, 0.05) is 23.1 Å². The summed E-state index contributed by atoms with van der Waals surface area (Å²) in [6.45, 7) is 0. The zero-order valence-electron chi connectivity index (χ0n) is 10.7. The van der Waals surface area contributed by atoms with E-state index in [9.17, 15) is 0 Å².